The largest absolute Gasteiger partial charge is 0.378 e. The Bertz CT molecular complexity index is 208. The molecule has 0 aliphatic carbocycles. The van der Waals surface area contributed by atoms with Gasteiger partial charge in [0, 0.05) is 24.6 Å². The van der Waals surface area contributed by atoms with Gasteiger partial charge in [-0.2, -0.15) is 4.37 Å². The number of rotatable bonds is 1. The summed E-state index contributed by atoms with van der Waals surface area (Å²) in [6.45, 7) is 3.49. The second-order valence-electron chi connectivity index (χ2n) is 2.32. The van der Waals surface area contributed by atoms with Gasteiger partial charge in [0.25, 0.3) is 0 Å². The number of hydrogen-bond donors (Lipinski definition) is 0. The summed E-state index contributed by atoms with van der Waals surface area (Å²) in [6, 6.07) is 0. The van der Waals surface area contributed by atoms with Crippen LogP contribution in [0.3, 0.4) is 0 Å². The van der Waals surface area contributed by atoms with Crippen molar-refractivity contribution in [1.82, 2.24) is 9.36 Å². The molecular weight excluding hydrogens is 162 g/mol. The van der Waals surface area contributed by atoms with Crippen LogP contribution in [-0.4, -0.2) is 35.7 Å². The number of ether oxygens (including phenoxy) is 1. The second-order valence-corrected chi connectivity index (χ2v) is 3.08. The summed E-state index contributed by atoms with van der Waals surface area (Å²) in [5.74, 6) is 0. The third kappa shape index (κ3) is 1.49. The molecule has 0 atom stereocenters. The van der Waals surface area contributed by atoms with E-state index in [9.17, 15) is 0 Å². The van der Waals surface area contributed by atoms with Gasteiger partial charge in [0.1, 0.15) is 6.33 Å². The first-order valence-corrected chi connectivity index (χ1v) is 4.33. The molecule has 2 heterocycles. The third-order valence-corrected chi connectivity index (χ3v) is 2.36. The van der Waals surface area contributed by atoms with Crippen LogP contribution in [0.4, 0.5) is 5.13 Å². The molecular formula is C6H9N3OS. The summed E-state index contributed by atoms with van der Waals surface area (Å²) < 4.78 is 9.16. The van der Waals surface area contributed by atoms with Crippen molar-refractivity contribution < 1.29 is 4.74 Å². The van der Waals surface area contributed by atoms with E-state index in [0.717, 1.165) is 31.4 Å². The van der Waals surface area contributed by atoms with Crippen molar-refractivity contribution in [2.75, 3.05) is 31.2 Å². The Morgan fingerprint density at radius 3 is 2.91 bits per heavy atom. The number of nitrogens with zero attached hydrogens (tertiary/aromatic N) is 3. The van der Waals surface area contributed by atoms with Crippen LogP contribution in [0.2, 0.25) is 0 Å². The van der Waals surface area contributed by atoms with Crippen LogP contribution >= 0.6 is 11.5 Å². The van der Waals surface area contributed by atoms with E-state index in [2.05, 4.69) is 14.3 Å². The van der Waals surface area contributed by atoms with Crippen LogP contribution < -0.4 is 4.90 Å². The van der Waals surface area contributed by atoms with Gasteiger partial charge < -0.3 is 9.64 Å². The number of anilines is 1. The first kappa shape index (κ1) is 7.00. The smallest absolute Gasteiger partial charge is 0.205 e. The highest BCUT2D eigenvalue weighted by molar-refractivity contribution is 7.09. The monoisotopic (exact) mass is 171 g/mol. The first-order valence-electron chi connectivity index (χ1n) is 3.56. The molecule has 0 unspecified atom stereocenters. The van der Waals surface area contributed by atoms with Crippen LogP contribution in [-0.2, 0) is 4.74 Å². The second kappa shape index (κ2) is 3.15. The average Bonchev–Trinajstić information content (AvgIpc) is 2.58. The van der Waals surface area contributed by atoms with E-state index in [0.29, 0.717) is 0 Å². The molecule has 60 valence electrons. The van der Waals surface area contributed by atoms with Gasteiger partial charge in [-0.15, -0.1) is 0 Å². The molecule has 1 aliphatic heterocycles. The van der Waals surface area contributed by atoms with Crippen molar-refractivity contribution in [2.24, 2.45) is 0 Å². The molecule has 1 fully saturated rings. The highest BCUT2D eigenvalue weighted by Gasteiger charge is 2.12. The molecule has 0 saturated carbocycles. The van der Waals surface area contributed by atoms with Gasteiger partial charge in [0.2, 0.25) is 5.13 Å². The van der Waals surface area contributed by atoms with Gasteiger partial charge in [-0.25, -0.2) is 4.98 Å². The molecule has 1 saturated heterocycles. The molecule has 1 aromatic heterocycles. The van der Waals surface area contributed by atoms with E-state index in [1.807, 2.05) is 0 Å². The maximum absolute atomic E-state index is 5.21. The summed E-state index contributed by atoms with van der Waals surface area (Å²) in [6.07, 6.45) is 1.59. The summed E-state index contributed by atoms with van der Waals surface area (Å²) in [5, 5.41) is 1.01. The normalized spacial score (nSPS) is 18.7. The van der Waals surface area contributed by atoms with Crippen molar-refractivity contribution in [3.63, 3.8) is 0 Å². The maximum Gasteiger partial charge on any atom is 0.205 e. The average molecular weight is 171 g/mol. The van der Waals surface area contributed by atoms with Crippen molar-refractivity contribution >= 4 is 16.7 Å². The predicted molar refractivity (Wildman–Crippen MR) is 42.9 cm³/mol. The standard InChI is InChI=1S/C6H9N3OS/c1-3-10-4-2-9(1)6-7-5-8-11-6/h5H,1-4H2. The zero-order valence-electron chi connectivity index (χ0n) is 6.06. The van der Waals surface area contributed by atoms with E-state index < -0.39 is 0 Å². The lowest BCUT2D eigenvalue weighted by atomic mass is 10.5. The summed E-state index contributed by atoms with van der Waals surface area (Å²) >= 11 is 1.44. The highest BCUT2D eigenvalue weighted by Crippen LogP contribution is 2.15. The predicted octanol–water partition coefficient (Wildman–Crippen LogP) is 0.375. The van der Waals surface area contributed by atoms with Crippen LogP contribution in [0.25, 0.3) is 0 Å². The van der Waals surface area contributed by atoms with E-state index in [1.54, 1.807) is 6.33 Å². The Hall–Kier alpha value is -0.680. The van der Waals surface area contributed by atoms with Crippen molar-refractivity contribution in [3.05, 3.63) is 6.33 Å². The molecule has 4 nitrogen and oxygen atoms in total. The fourth-order valence-electron chi connectivity index (χ4n) is 1.06. The Morgan fingerprint density at radius 2 is 2.27 bits per heavy atom. The minimum absolute atomic E-state index is 0.805. The van der Waals surface area contributed by atoms with E-state index in [1.165, 1.54) is 11.5 Å². The van der Waals surface area contributed by atoms with Crippen molar-refractivity contribution in [1.29, 1.82) is 0 Å². The van der Waals surface area contributed by atoms with Gasteiger partial charge in [0.05, 0.1) is 13.2 Å². The highest BCUT2D eigenvalue weighted by atomic mass is 32.1. The fraction of sp³-hybridized carbons (Fsp3) is 0.667. The zero-order chi connectivity index (χ0) is 7.52. The van der Waals surface area contributed by atoms with Crippen LogP contribution in [0, 0.1) is 0 Å². The summed E-state index contributed by atoms with van der Waals surface area (Å²) in [5.41, 5.74) is 0. The molecule has 1 aliphatic rings. The van der Waals surface area contributed by atoms with Gasteiger partial charge >= 0.3 is 0 Å². The van der Waals surface area contributed by atoms with E-state index in [-0.39, 0.29) is 0 Å². The molecule has 0 N–H and O–H groups in total. The maximum atomic E-state index is 5.21. The van der Waals surface area contributed by atoms with Crippen molar-refractivity contribution in [3.8, 4) is 0 Å². The molecule has 0 amide bonds. The summed E-state index contributed by atoms with van der Waals surface area (Å²) in [7, 11) is 0. The Kier molecular flexibility index (Phi) is 2.00. The first-order chi connectivity index (χ1) is 5.47. The van der Waals surface area contributed by atoms with Gasteiger partial charge in [-0.1, -0.05) is 0 Å². The number of morpholine rings is 1. The minimum Gasteiger partial charge on any atom is -0.378 e. The molecule has 11 heavy (non-hydrogen) atoms. The molecule has 2 rings (SSSR count). The SMILES string of the molecule is c1nsc(N2CCOCC2)n1. The fourth-order valence-corrected chi connectivity index (χ4v) is 1.64. The Balaban J connectivity index is 2.04. The van der Waals surface area contributed by atoms with Gasteiger partial charge in [-0.3, -0.25) is 0 Å². The lowest BCUT2D eigenvalue weighted by Gasteiger charge is -2.25. The van der Waals surface area contributed by atoms with Gasteiger partial charge in [-0.05, 0) is 0 Å². The number of hydrogen-bond acceptors (Lipinski definition) is 5. The van der Waals surface area contributed by atoms with E-state index in [4.69, 9.17) is 4.74 Å². The zero-order valence-corrected chi connectivity index (χ0v) is 6.88. The van der Waals surface area contributed by atoms with E-state index >= 15 is 0 Å². The summed E-state index contributed by atoms with van der Waals surface area (Å²) in [4.78, 5) is 6.31. The minimum atomic E-state index is 0.805. The molecule has 0 spiro atoms. The molecule has 0 radical (unpaired) electrons. The Labute approximate surface area is 69.0 Å². The lowest BCUT2D eigenvalue weighted by molar-refractivity contribution is 0.122. The lowest BCUT2D eigenvalue weighted by Crippen LogP contribution is -2.36. The number of aromatic nitrogens is 2. The molecule has 1 aromatic rings. The van der Waals surface area contributed by atoms with Crippen LogP contribution in [0.1, 0.15) is 0 Å². The quantitative estimate of drug-likeness (QED) is 0.612. The molecule has 0 aromatic carbocycles. The van der Waals surface area contributed by atoms with Crippen LogP contribution in [0.5, 0.6) is 0 Å². The molecule has 5 heteroatoms. The van der Waals surface area contributed by atoms with Crippen molar-refractivity contribution in [2.45, 2.75) is 0 Å². The van der Waals surface area contributed by atoms with Gasteiger partial charge in [0.15, 0.2) is 0 Å². The third-order valence-electron chi connectivity index (χ3n) is 1.63. The topological polar surface area (TPSA) is 38.2 Å². The van der Waals surface area contributed by atoms with Crippen LogP contribution in [0.15, 0.2) is 6.33 Å². The molecule has 0 bridgehead atoms. The Morgan fingerprint density at radius 1 is 1.45 bits per heavy atom.